The lowest BCUT2D eigenvalue weighted by Gasteiger charge is -1.98. The van der Waals surface area contributed by atoms with Crippen LogP contribution in [0.4, 0.5) is 5.82 Å². The summed E-state index contributed by atoms with van der Waals surface area (Å²) in [7, 11) is 0. The van der Waals surface area contributed by atoms with Crippen LogP contribution in [0.3, 0.4) is 0 Å². The number of nitrogen functional groups attached to an aromatic ring is 1. The number of pyridine rings is 1. The number of aryl methyl sites for hydroxylation is 1. The molecule has 1 aromatic rings. The van der Waals surface area contributed by atoms with Gasteiger partial charge in [-0.2, -0.15) is 0 Å². The van der Waals surface area contributed by atoms with Crippen molar-refractivity contribution >= 4 is 11.7 Å². The Morgan fingerprint density at radius 1 is 1.56 bits per heavy atom. The molecular formula is C12H15N3O. The minimum absolute atomic E-state index is 0.0351. The van der Waals surface area contributed by atoms with Gasteiger partial charge < -0.3 is 11.1 Å². The van der Waals surface area contributed by atoms with Crippen molar-refractivity contribution in [3.63, 3.8) is 0 Å². The monoisotopic (exact) mass is 217 g/mol. The molecule has 4 nitrogen and oxygen atoms in total. The molecule has 0 aliphatic rings. The van der Waals surface area contributed by atoms with Gasteiger partial charge in [-0.3, -0.25) is 4.79 Å². The zero-order valence-corrected chi connectivity index (χ0v) is 9.50. The summed E-state index contributed by atoms with van der Waals surface area (Å²) in [6, 6.07) is 3.58. The number of nitrogens with one attached hydrogen (secondary N) is 1. The fourth-order valence-electron chi connectivity index (χ4n) is 1.17. The van der Waals surface area contributed by atoms with Crippen molar-refractivity contribution in [1.82, 2.24) is 10.3 Å². The van der Waals surface area contributed by atoms with Crippen molar-refractivity contribution in [3.8, 4) is 11.8 Å². The van der Waals surface area contributed by atoms with E-state index in [1.54, 1.807) is 6.07 Å². The average Bonchev–Trinajstić information content (AvgIpc) is 2.20. The molecule has 4 heteroatoms. The van der Waals surface area contributed by atoms with Gasteiger partial charge in [-0.25, -0.2) is 4.98 Å². The van der Waals surface area contributed by atoms with Gasteiger partial charge in [0.15, 0.2) is 0 Å². The topological polar surface area (TPSA) is 68.0 Å². The molecule has 1 amide bonds. The second-order valence-electron chi connectivity index (χ2n) is 3.40. The van der Waals surface area contributed by atoms with Crippen LogP contribution in [0.5, 0.6) is 0 Å². The number of rotatable bonds is 2. The number of carbonyl (C=O) groups excluding carboxylic acids is 1. The van der Waals surface area contributed by atoms with Crippen molar-refractivity contribution in [3.05, 3.63) is 23.4 Å². The van der Waals surface area contributed by atoms with Crippen molar-refractivity contribution < 1.29 is 4.79 Å². The molecule has 0 aliphatic heterocycles. The summed E-state index contributed by atoms with van der Waals surface area (Å²) < 4.78 is 0. The molecule has 0 aromatic carbocycles. The molecule has 0 aliphatic carbocycles. The highest BCUT2D eigenvalue weighted by atomic mass is 16.1. The van der Waals surface area contributed by atoms with Crippen molar-refractivity contribution in [2.24, 2.45) is 0 Å². The number of nitrogens with zero attached hydrogens (tertiary/aromatic N) is 1. The molecule has 0 spiro atoms. The van der Waals surface area contributed by atoms with Crippen LogP contribution < -0.4 is 11.1 Å². The first-order valence-electron chi connectivity index (χ1n) is 5.06. The Morgan fingerprint density at radius 2 is 2.31 bits per heavy atom. The summed E-state index contributed by atoms with van der Waals surface area (Å²) >= 11 is 0. The van der Waals surface area contributed by atoms with Gasteiger partial charge in [-0.1, -0.05) is 11.8 Å². The standard InChI is InChI=1S/C12H15N3O/c1-9-11(6-7-12(13)15-9)5-3-4-8-14-10(2)16/h6-7H,4,8H2,1-2H3,(H2,13,15)(H,14,16). The van der Waals surface area contributed by atoms with Crippen LogP contribution in [-0.2, 0) is 4.79 Å². The lowest BCUT2D eigenvalue weighted by molar-refractivity contribution is -0.118. The molecule has 0 fully saturated rings. The molecule has 0 saturated heterocycles. The molecule has 1 aromatic heterocycles. The smallest absolute Gasteiger partial charge is 0.216 e. The number of aromatic nitrogens is 1. The van der Waals surface area contributed by atoms with E-state index >= 15 is 0 Å². The van der Waals surface area contributed by atoms with Crippen LogP contribution in [-0.4, -0.2) is 17.4 Å². The molecule has 1 heterocycles. The first kappa shape index (κ1) is 12.1. The molecule has 1 rings (SSSR count). The summed E-state index contributed by atoms with van der Waals surface area (Å²) in [6.45, 7) is 3.93. The molecule has 0 unspecified atom stereocenters. The van der Waals surface area contributed by atoms with E-state index in [0.29, 0.717) is 18.8 Å². The molecule has 0 atom stereocenters. The molecule has 16 heavy (non-hydrogen) atoms. The number of carbonyl (C=O) groups is 1. The molecule has 0 saturated carbocycles. The Balaban J connectivity index is 2.53. The maximum atomic E-state index is 10.6. The molecule has 0 radical (unpaired) electrons. The minimum Gasteiger partial charge on any atom is -0.384 e. The van der Waals surface area contributed by atoms with E-state index in [4.69, 9.17) is 5.73 Å². The number of amides is 1. The first-order chi connectivity index (χ1) is 7.59. The van der Waals surface area contributed by atoms with Crippen molar-refractivity contribution in [2.45, 2.75) is 20.3 Å². The lowest BCUT2D eigenvalue weighted by Crippen LogP contribution is -2.20. The number of nitrogens with two attached hydrogens (primary N) is 1. The van der Waals surface area contributed by atoms with Crippen LogP contribution in [0.1, 0.15) is 24.6 Å². The Hall–Kier alpha value is -2.02. The lowest BCUT2D eigenvalue weighted by atomic mass is 10.2. The second-order valence-corrected chi connectivity index (χ2v) is 3.40. The van der Waals surface area contributed by atoms with Crippen LogP contribution in [0.15, 0.2) is 12.1 Å². The number of anilines is 1. The maximum Gasteiger partial charge on any atom is 0.216 e. The molecule has 3 N–H and O–H groups in total. The van der Waals surface area contributed by atoms with Crippen LogP contribution in [0.2, 0.25) is 0 Å². The normalized spacial score (nSPS) is 9.12. The highest BCUT2D eigenvalue weighted by Crippen LogP contribution is 2.05. The first-order valence-corrected chi connectivity index (χ1v) is 5.06. The van der Waals surface area contributed by atoms with Crippen LogP contribution in [0.25, 0.3) is 0 Å². The Kier molecular flexibility index (Phi) is 4.34. The SMILES string of the molecule is CC(=O)NCCC#Cc1ccc(N)nc1C. The van der Waals surface area contributed by atoms with Gasteiger partial charge in [-0.15, -0.1) is 0 Å². The van der Waals surface area contributed by atoms with Crippen molar-refractivity contribution in [2.75, 3.05) is 12.3 Å². The third kappa shape index (κ3) is 4.01. The third-order valence-corrected chi connectivity index (χ3v) is 1.95. The van der Waals surface area contributed by atoms with E-state index < -0.39 is 0 Å². The molecule has 84 valence electrons. The summed E-state index contributed by atoms with van der Waals surface area (Å²) in [5, 5.41) is 2.68. The third-order valence-electron chi connectivity index (χ3n) is 1.95. The van der Waals surface area contributed by atoms with Crippen LogP contribution in [0, 0.1) is 18.8 Å². The molecular weight excluding hydrogens is 202 g/mol. The molecule has 0 bridgehead atoms. The minimum atomic E-state index is -0.0351. The van der Waals surface area contributed by atoms with E-state index in [9.17, 15) is 4.79 Å². The van der Waals surface area contributed by atoms with Gasteiger partial charge in [0.25, 0.3) is 0 Å². The van der Waals surface area contributed by atoms with E-state index in [1.807, 2.05) is 13.0 Å². The maximum absolute atomic E-state index is 10.6. The predicted octanol–water partition coefficient (Wildman–Crippen LogP) is 0.850. The summed E-state index contributed by atoms with van der Waals surface area (Å²) in [5.41, 5.74) is 7.23. The van der Waals surface area contributed by atoms with Crippen molar-refractivity contribution in [1.29, 1.82) is 0 Å². The largest absolute Gasteiger partial charge is 0.384 e. The quantitative estimate of drug-likeness (QED) is 0.570. The predicted molar refractivity (Wildman–Crippen MR) is 63.6 cm³/mol. The summed E-state index contributed by atoms with van der Waals surface area (Å²) in [6.07, 6.45) is 0.628. The van der Waals surface area contributed by atoms with Gasteiger partial charge in [0.2, 0.25) is 5.91 Å². The van der Waals surface area contributed by atoms with E-state index in [-0.39, 0.29) is 5.91 Å². The zero-order chi connectivity index (χ0) is 12.0. The van der Waals surface area contributed by atoms with Gasteiger partial charge in [0.05, 0.1) is 5.69 Å². The van der Waals surface area contributed by atoms with Crippen LogP contribution >= 0.6 is 0 Å². The summed E-state index contributed by atoms with van der Waals surface area (Å²) in [5.74, 6) is 6.43. The zero-order valence-electron chi connectivity index (χ0n) is 9.50. The fourth-order valence-corrected chi connectivity index (χ4v) is 1.17. The van der Waals surface area contributed by atoms with Gasteiger partial charge in [0, 0.05) is 25.5 Å². The van der Waals surface area contributed by atoms with Gasteiger partial charge in [0.1, 0.15) is 5.82 Å². The van der Waals surface area contributed by atoms with Gasteiger partial charge >= 0.3 is 0 Å². The van der Waals surface area contributed by atoms with E-state index in [0.717, 1.165) is 11.3 Å². The Morgan fingerprint density at radius 3 is 2.94 bits per heavy atom. The van der Waals surface area contributed by atoms with E-state index in [2.05, 4.69) is 22.1 Å². The average molecular weight is 217 g/mol. The number of hydrogen-bond acceptors (Lipinski definition) is 3. The fraction of sp³-hybridized carbons (Fsp3) is 0.333. The Labute approximate surface area is 95.3 Å². The highest BCUT2D eigenvalue weighted by molar-refractivity contribution is 5.72. The van der Waals surface area contributed by atoms with Gasteiger partial charge in [-0.05, 0) is 19.1 Å². The van der Waals surface area contributed by atoms with E-state index in [1.165, 1.54) is 6.92 Å². The number of hydrogen-bond donors (Lipinski definition) is 2. The summed E-state index contributed by atoms with van der Waals surface area (Å²) in [4.78, 5) is 14.7. The Bertz CT molecular complexity index is 443. The highest BCUT2D eigenvalue weighted by Gasteiger charge is 1.95. The second kappa shape index (κ2) is 5.76.